The molecule has 28 heavy (non-hydrogen) atoms. The predicted molar refractivity (Wildman–Crippen MR) is 94.1 cm³/mol. The number of aliphatic hydroxyl groups is 3. The number of rotatable bonds is 5. The molecular formula is C16H19NO10S. The zero-order chi connectivity index (χ0) is 20.6. The fourth-order valence-electron chi connectivity index (χ4n) is 2.99. The van der Waals surface area contributed by atoms with Gasteiger partial charge in [-0.15, -0.1) is 0 Å². The van der Waals surface area contributed by atoms with E-state index in [1.54, 1.807) is 17.7 Å². The lowest BCUT2D eigenvalue weighted by Crippen LogP contribution is -2.65. The summed E-state index contributed by atoms with van der Waals surface area (Å²) in [6.45, 7) is 1.04. The van der Waals surface area contributed by atoms with E-state index in [0.29, 0.717) is 10.9 Å². The van der Waals surface area contributed by atoms with Crippen molar-refractivity contribution in [1.82, 2.24) is 4.72 Å². The molecule has 0 spiro atoms. The number of aryl methyl sites for hydroxylation is 1. The number of hydrogen-bond donors (Lipinski definition) is 5. The van der Waals surface area contributed by atoms with Crippen molar-refractivity contribution in [2.75, 3.05) is 6.61 Å². The van der Waals surface area contributed by atoms with Gasteiger partial charge in [0.1, 0.15) is 35.7 Å². The standard InChI is InChI=1S/C16H19NO10S/c1-7-4-12(19)26-10-5-8(2-3-9(7)10)25-16-13(17-28(22,23)24)15(21)14(20)11(6-18)27-16/h2-5,11,13-18,20-21H,6H2,1H3,(H,22,23,24)/t11?,13-,14-,15+,16-/m0/s1. The van der Waals surface area contributed by atoms with E-state index in [4.69, 9.17) is 18.4 Å². The predicted octanol–water partition coefficient (Wildman–Crippen LogP) is -1.32. The lowest BCUT2D eigenvalue weighted by Gasteiger charge is -2.41. The van der Waals surface area contributed by atoms with Crippen molar-refractivity contribution < 1.29 is 42.2 Å². The maximum absolute atomic E-state index is 11.5. The van der Waals surface area contributed by atoms with Crippen LogP contribution in [0.4, 0.5) is 0 Å². The maximum Gasteiger partial charge on any atom is 0.336 e. The third-order valence-corrected chi connectivity index (χ3v) is 4.91. The van der Waals surface area contributed by atoms with E-state index in [2.05, 4.69) is 0 Å². The van der Waals surface area contributed by atoms with Crippen LogP contribution in [0.15, 0.2) is 33.5 Å². The minimum Gasteiger partial charge on any atom is -0.463 e. The molecule has 154 valence electrons. The molecule has 0 aliphatic carbocycles. The minimum atomic E-state index is -4.78. The number of hydrogen-bond acceptors (Lipinski definition) is 9. The molecular weight excluding hydrogens is 398 g/mol. The van der Waals surface area contributed by atoms with Gasteiger partial charge in [-0.25, -0.2) is 4.79 Å². The monoisotopic (exact) mass is 417 g/mol. The third kappa shape index (κ3) is 4.33. The summed E-state index contributed by atoms with van der Waals surface area (Å²) in [5.41, 5.74) is 0.314. The van der Waals surface area contributed by atoms with Gasteiger partial charge in [0.05, 0.1) is 6.61 Å². The quantitative estimate of drug-likeness (QED) is 0.290. The number of fused-ring (bicyclic) bond motifs is 1. The average molecular weight is 417 g/mol. The molecule has 0 saturated carbocycles. The molecule has 11 nitrogen and oxygen atoms in total. The first-order valence-electron chi connectivity index (χ1n) is 8.17. The van der Waals surface area contributed by atoms with Crippen LogP contribution in [0, 0.1) is 6.92 Å². The second-order valence-electron chi connectivity index (χ2n) is 6.35. The second kappa shape index (κ2) is 7.75. The summed E-state index contributed by atoms with van der Waals surface area (Å²) in [5, 5.41) is 30.1. The molecule has 1 unspecified atom stereocenters. The van der Waals surface area contributed by atoms with Gasteiger partial charge in [-0.05, 0) is 24.6 Å². The Kier molecular flexibility index (Phi) is 5.72. The Labute approximate surface area is 159 Å². The first-order valence-corrected chi connectivity index (χ1v) is 9.61. The van der Waals surface area contributed by atoms with Crippen molar-refractivity contribution in [3.63, 3.8) is 0 Å². The lowest BCUT2D eigenvalue weighted by atomic mass is 9.98. The molecule has 1 aliphatic heterocycles. The Bertz CT molecular complexity index is 1020. The normalized spacial score (nSPS) is 28.4. The summed E-state index contributed by atoms with van der Waals surface area (Å²) in [7, 11) is -4.78. The summed E-state index contributed by atoms with van der Waals surface area (Å²) < 4.78 is 49.1. The van der Waals surface area contributed by atoms with Gasteiger partial charge >= 0.3 is 15.9 Å². The average Bonchev–Trinajstić information content (AvgIpc) is 2.59. The summed E-state index contributed by atoms with van der Waals surface area (Å²) in [6.07, 6.45) is -6.17. The smallest absolute Gasteiger partial charge is 0.336 e. The van der Waals surface area contributed by atoms with Crippen molar-refractivity contribution in [2.24, 2.45) is 0 Å². The highest BCUT2D eigenvalue weighted by atomic mass is 32.2. The zero-order valence-electron chi connectivity index (χ0n) is 14.5. The maximum atomic E-state index is 11.5. The fraction of sp³-hybridized carbons (Fsp3) is 0.438. The molecule has 5 atom stereocenters. The molecule has 0 radical (unpaired) electrons. The summed E-state index contributed by atoms with van der Waals surface area (Å²) in [5.74, 6) is 0.0914. The molecule has 3 rings (SSSR count). The first kappa shape index (κ1) is 20.7. The summed E-state index contributed by atoms with van der Waals surface area (Å²) in [4.78, 5) is 11.5. The van der Waals surface area contributed by atoms with Crippen LogP contribution in [0.25, 0.3) is 11.0 Å². The van der Waals surface area contributed by atoms with Crippen LogP contribution in [-0.2, 0) is 15.0 Å². The Morgan fingerprint density at radius 1 is 1.21 bits per heavy atom. The molecule has 1 aliphatic rings. The van der Waals surface area contributed by atoms with Gasteiger partial charge in [0, 0.05) is 17.5 Å². The third-order valence-electron chi connectivity index (χ3n) is 4.34. The van der Waals surface area contributed by atoms with Gasteiger partial charge in [0.2, 0.25) is 6.29 Å². The molecule has 1 fully saturated rings. The number of aliphatic hydroxyl groups excluding tert-OH is 3. The molecule has 2 aromatic rings. The van der Waals surface area contributed by atoms with Crippen LogP contribution < -0.4 is 15.1 Å². The van der Waals surface area contributed by atoms with Gasteiger partial charge in [0.15, 0.2) is 0 Å². The highest BCUT2D eigenvalue weighted by molar-refractivity contribution is 7.83. The first-order chi connectivity index (χ1) is 13.1. The fourth-order valence-corrected chi connectivity index (χ4v) is 3.59. The van der Waals surface area contributed by atoms with Gasteiger partial charge in [-0.1, -0.05) is 0 Å². The van der Waals surface area contributed by atoms with Gasteiger partial charge in [-0.3, -0.25) is 4.55 Å². The SMILES string of the molecule is Cc1cc(=O)oc2cc(O[C@H]3OC(CO)[C@H](O)[C@H](O)[C@@H]3NS(=O)(=O)O)ccc12. The van der Waals surface area contributed by atoms with Crippen LogP contribution in [0.5, 0.6) is 5.75 Å². The largest absolute Gasteiger partial charge is 0.463 e. The topological polar surface area (TPSA) is 176 Å². The molecule has 5 N–H and O–H groups in total. The van der Waals surface area contributed by atoms with Crippen LogP contribution >= 0.6 is 0 Å². The van der Waals surface area contributed by atoms with E-state index in [1.807, 2.05) is 0 Å². The van der Waals surface area contributed by atoms with Gasteiger partial charge in [-0.2, -0.15) is 13.1 Å². The molecule has 12 heteroatoms. The molecule has 1 aromatic heterocycles. The lowest BCUT2D eigenvalue weighted by molar-refractivity contribution is -0.242. The Morgan fingerprint density at radius 3 is 2.57 bits per heavy atom. The van der Waals surface area contributed by atoms with Crippen molar-refractivity contribution in [3.8, 4) is 5.75 Å². The van der Waals surface area contributed by atoms with Gasteiger partial charge < -0.3 is 29.2 Å². The number of ether oxygens (including phenoxy) is 2. The van der Waals surface area contributed by atoms with Crippen molar-refractivity contribution >= 4 is 21.3 Å². The Morgan fingerprint density at radius 2 is 1.93 bits per heavy atom. The van der Waals surface area contributed by atoms with Crippen LogP contribution in [-0.4, -0.2) is 65.5 Å². The minimum absolute atomic E-state index is 0.0914. The molecule has 1 aromatic carbocycles. The molecule has 2 heterocycles. The van der Waals surface area contributed by atoms with Crippen LogP contribution in [0.3, 0.4) is 0 Å². The van der Waals surface area contributed by atoms with Crippen molar-refractivity contribution in [3.05, 3.63) is 40.2 Å². The van der Waals surface area contributed by atoms with Crippen LogP contribution in [0.2, 0.25) is 0 Å². The molecule has 0 bridgehead atoms. The summed E-state index contributed by atoms with van der Waals surface area (Å²) >= 11 is 0. The molecule has 1 saturated heterocycles. The number of benzene rings is 1. The highest BCUT2D eigenvalue weighted by Crippen LogP contribution is 2.27. The van der Waals surface area contributed by atoms with Crippen LogP contribution in [0.1, 0.15) is 5.56 Å². The van der Waals surface area contributed by atoms with E-state index >= 15 is 0 Å². The van der Waals surface area contributed by atoms with Crippen molar-refractivity contribution in [1.29, 1.82) is 0 Å². The van der Waals surface area contributed by atoms with Gasteiger partial charge in [0.25, 0.3) is 0 Å². The van der Waals surface area contributed by atoms with E-state index in [-0.39, 0.29) is 11.3 Å². The van der Waals surface area contributed by atoms with E-state index in [9.17, 15) is 28.5 Å². The molecule has 0 amide bonds. The van der Waals surface area contributed by atoms with Crippen molar-refractivity contribution in [2.45, 2.75) is 37.6 Å². The highest BCUT2D eigenvalue weighted by Gasteiger charge is 2.47. The van der Waals surface area contributed by atoms with E-state index in [0.717, 1.165) is 0 Å². The Hall–Kier alpha value is -2.06. The second-order valence-corrected chi connectivity index (χ2v) is 7.54. The zero-order valence-corrected chi connectivity index (χ0v) is 15.4. The summed E-state index contributed by atoms with van der Waals surface area (Å²) in [6, 6.07) is 4.19. The van der Waals surface area contributed by atoms with E-state index < -0.39 is 53.2 Å². The van der Waals surface area contributed by atoms with E-state index in [1.165, 1.54) is 18.2 Å². The number of nitrogens with one attached hydrogen (secondary N) is 1. The Balaban J connectivity index is 1.94.